The molecule has 0 saturated carbocycles. The molecule has 0 spiro atoms. The van der Waals surface area contributed by atoms with Crippen LogP contribution in [0.1, 0.15) is 26.3 Å². The third-order valence-corrected chi connectivity index (χ3v) is 4.05. The third kappa shape index (κ3) is 4.69. The number of rotatable bonds is 6. The number of nitrogens with zero attached hydrogens (tertiary/aromatic N) is 1. The molecule has 0 unspecified atom stereocenters. The van der Waals surface area contributed by atoms with Crippen LogP contribution in [0.15, 0.2) is 54.7 Å². The molecule has 0 bridgehead atoms. The van der Waals surface area contributed by atoms with Crippen molar-refractivity contribution in [2.24, 2.45) is 5.41 Å². The number of nitrogens with two attached hydrogens (primary N) is 1. The zero-order valence-corrected chi connectivity index (χ0v) is 16.2. The Morgan fingerprint density at radius 2 is 1.89 bits per heavy atom. The van der Waals surface area contributed by atoms with Crippen molar-refractivity contribution in [2.45, 2.75) is 27.4 Å². The fourth-order valence-corrected chi connectivity index (χ4v) is 2.43. The van der Waals surface area contributed by atoms with Crippen LogP contribution in [0.5, 0.6) is 5.75 Å². The Bertz CT molecular complexity index is 969. The van der Waals surface area contributed by atoms with Crippen LogP contribution < -0.4 is 21.5 Å². The van der Waals surface area contributed by atoms with E-state index in [2.05, 4.69) is 16.0 Å². The van der Waals surface area contributed by atoms with Crippen molar-refractivity contribution in [2.75, 3.05) is 11.2 Å². The Labute approximate surface area is 163 Å². The van der Waals surface area contributed by atoms with E-state index in [1.807, 2.05) is 48.5 Å². The van der Waals surface area contributed by atoms with Crippen LogP contribution in [-0.4, -0.2) is 11.0 Å². The summed E-state index contributed by atoms with van der Waals surface area (Å²) in [5.74, 6) is 0.306. The van der Waals surface area contributed by atoms with E-state index in [9.17, 15) is 4.79 Å². The smallest absolute Gasteiger partial charge is 0.332 e. The summed E-state index contributed by atoms with van der Waals surface area (Å²) in [5, 5.41) is 0.770. The molecule has 0 atom stereocenters. The van der Waals surface area contributed by atoms with Crippen molar-refractivity contribution in [1.82, 2.24) is 10.6 Å². The molecule has 3 rings (SSSR count). The highest BCUT2D eigenvalue weighted by atomic mass is 16.7. The summed E-state index contributed by atoms with van der Waals surface area (Å²) in [7, 11) is 0. The van der Waals surface area contributed by atoms with Crippen LogP contribution in [-0.2, 0) is 16.2 Å². The number of hydrogen-bond donors (Lipinski definition) is 3. The normalized spacial score (nSPS) is 11.2. The van der Waals surface area contributed by atoms with Crippen molar-refractivity contribution >= 4 is 28.2 Å². The number of ether oxygens (including phenoxy) is 1. The van der Waals surface area contributed by atoms with Crippen LogP contribution in [0, 0.1) is 5.41 Å². The predicted molar refractivity (Wildman–Crippen MR) is 109 cm³/mol. The molecule has 0 aliphatic heterocycles. The second-order valence-corrected chi connectivity index (χ2v) is 7.41. The number of aromatic nitrogens is 1. The van der Waals surface area contributed by atoms with Gasteiger partial charge in [0.05, 0.1) is 28.5 Å². The molecule has 1 aromatic heterocycles. The molecule has 1 heterocycles. The molecule has 7 nitrogen and oxygen atoms in total. The third-order valence-electron chi connectivity index (χ3n) is 4.05. The van der Waals surface area contributed by atoms with Gasteiger partial charge in [-0.1, -0.05) is 35.9 Å². The summed E-state index contributed by atoms with van der Waals surface area (Å²) in [5.41, 5.74) is 13.5. The number of hydrogen-bond acceptors (Lipinski definition) is 7. The molecule has 146 valence electrons. The van der Waals surface area contributed by atoms with Gasteiger partial charge < -0.3 is 15.3 Å². The van der Waals surface area contributed by atoms with Gasteiger partial charge in [-0.25, -0.2) is 4.79 Å². The number of carbonyl (C=O) groups is 1. The lowest BCUT2D eigenvalue weighted by atomic mass is 9.98. The van der Waals surface area contributed by atoms with E-state index in [0.717, 1.165) is 10.9 Å². The van der Waals surface area contributed by atoms with Crippen LogP contribution in [0.2, 0.25) is 0 Å². The number of fused-ring (bicyclic) bond motifs is 1. The molecular weight excluding hydrogens is 356 g/mol. The van der Waals surface area contributed by atoms with E-state index in [0.29, 0.717) is 29.2 Å². The van der Waals surface area contributed by atoms with Crippen molar-refractivity contribution in [1.29, 1.82) is 0 Å². The number of nitrogen functional groups attached to an aromatic ring is 1. The lowest BCUT2D eigenvalue weighted by Gasteiger charge is -2.18. The van der Waals surface area contributed by atoms with Crippen molar-refractivity contribution in [3.05, 3.63) is 60.3 Å². The van der Waals surface area contributed by atoms with Gasteiger partial charge >= 0.3 is 5.97 Å². The average Bonchev–Trinajstić information content (AvgIpc) is 2.68. The summed E-state index contributed by atoms with van der Waals surface area (Å²) in [6.45, 7) is 5.77. The maximum atomic E-state index is 11.9. The Morgan fingerprint density at radius 1 is 1.14 bits per heavy atom. The lowest BCUT2D eigenvalue weighted by molar-refractivity contribution is -0.159. The molecule has 0 amide bonds. The van der Waals surface area contributed by atoms with Gasteiger partial charge in [0.2, 0.25) is 0 Å². The first-order valence-corrected chi connectivity index (χ1v) is 8.92. The van der Waals surface area contributed by atoms with Crippen molar-refractivity contribution < 1.29 is 14.4 Å². The largest absolute Gasteiger partial charge is 0.489 e. The average molecular weight is 380 g/mol. The Balaban J connectivity index is 1.73. The topological polar surface area (TPSA) is 98.5 Å². The monoisotopic (exact) mass is 380 g/mol. The number of benzene rings is 2. The molecule has 7 heteroatoms. The molecule has 0 radical (unpaired) electrons. The van der Waals surface area contributed by atoms with Crippen molar-refractivity contribution in [3.8, 4) is 5.75 Å². The SMILES string of the molecule is CC(C)(C)C(=O)ONNc1c(N)cnc2cc(OCc3ccccc3)ccc12. The molecule has 0 aliphatic carbocycles. The van der Waals surface area contributed by atoms with E-state index in [-0.39, 0.29) is 0 Å². The molecular formula is C21H24N4O3. The fourth-order valence-electron chi connectivity index (χ4n) is 2.43. The lowest BCUT2D eigenvalue weighted by Crippen LogP contribution is -2.32. The molecule has 2 aromatic carbocycles. The van der Waals surface area contributed by atoms with Crippen LogP contribution in [0.4, 0.5) is 11.4 Å². The number of nitrogens with one attached hydrogen (secondary N) is 2. The second kappa shape index (κ2) is 8.14. The number of pyridine rings is 1. The van der Waals surface area contributed by atoms with Crippen molar-refractivity contribution in [3.63, 3.8) is 0 Å². The maximum absolute atomic E-state index is 11.9. The number of hydrazine groups is 1. The van der Waals surface area contributed by atoms with Gasteiger partial charge in [0.15, 0.2) is 0 Å². The standard InChI is InChI=1S/C21H24N4O3/c1-21(2,3)20(26)28-25-24-19-16-10-9-15(11-18(16)23-12-17(19)22)27-13-14-7-5-4-6-8-14/h4-12,25H,13,22H2,1-3H3,(H,23,24). The molecule has 3 aromatic rings. The van der Waals surface area contributed by atoms with E-state index in [4.69, 9.17) is 15.3 Å². The van der Waals surface area contributed by atoms with Crippen LogP contribution >= 0.6 is 0 Å². The summed E-state index contributed by atoms with van der Waals surface area (Å²) in [6, 6.07) is 15.5. The molecule has 0 fully saturated rings. The second-order valence-electron chi connectivity index (χ2n) is 7.41. The van der Waals surface area contributed by atoms with Gasteiger partial charge in [-0.05, 0) is 38.5 Å². The summed E-state index contributed by atoms with van der Waals surface area (Å²) in [4.78, 5) is 21.2. The number of carbonyl (C=O) groups excluding carboxylic acids is 1. The van der Waals surface area contributed by atoms with Gasteiger partial charge in [0, 0.05) is 11.5 Å². The van der Waals surface area contributed by atoms with Gasteiger partial charge in [-0.15, -0.1) is 0 Å². The molecule has 0 saturated heterocycles. The Morgan fingerprint density at radius 3 is 2.61 bits per heavy atom. The van der Waals surface area contributed by atoms with E-state index in [1.165, 1.54) is 0 Å². The molecule has 0 aliphatic rings. The quantitative estimate of drug-likeness (QED) is 0.559. The van der Waals surface area contributed by atoms with Crippen LogP contribution in [0.25, 0.3) is 10.9 Å². The van der Waals surface area contributed by atoms with Gasteiger partial charge in [0.25, 0.3) is 0 Å². The zero-order valence-electron chi connectivity index (χ0n) is 16.2. The molecule has 4 N–H and O–H groups in total. The van der Waals surface area contributed by atoms with Gasteiger partial charge in [0.1, 0.15) is 12.4 Å². The Kier molecular flexibility index (Phi) is 5.65. The van der Waals surface area contributed by atoms with E-state index in [1.54, 1.807) is 27.0 Å². The fraction of sp³-hybridized carbons (Fsp3) is 0.238. The summed E-state index contributed by atoms with van der Waals surface area (Å²) in [6.07, 6.45) is 1.54. The highest BCUT2D eigenvalue weighted by Gasteiger charge is 2.23. The molecule has 28 heavy (non-hydrogen) atoms. The summed E-state index contributed by atoms with van der Waals surface area (Å²) < 4.78 is 5.84. The van der Waals surface area contributed by atoms with Crippen LogP contribution in [0.3, 0.4) is 0 Å². The van der Waals surface area contributed by atoms with E-state index >= 15 is 0 Å². The summed E-state index contributed by atoms with van der Waals surface area (Å²) >= 11 is 0. The zero-order chi connectivity index (χ0) is 20.1. The first kappa shape index (κ1) is 19.4. The first-order chi connectivity index (χ1) is 13.3. The maximum Gasteiger partial charge on any atom is 0.332 e. The highest BCUT2D eigenvalue weighted by Crippen LogP contribution is 2.30. The minimum absolute atomic E-state index is 0.395. The predicted octanol–water partition coefficient (Wildman–Crippen LogP) is 3.82. The Hall–Kier alpha value is -3.32. The van der Waals surface area contributed by atoms with Gasteiger partial charge in [-0.2, -0.15) is 0 Å². The highest BCUT2D eigenvalue weighted by molar-refractivity contribution is 5.97. The minimum atomic E-state index is -0.620. The van der Waals surface area contributed by atoms with E-state index < -0.39 is 11.4 Å². The van der Waals surface area contributed by atoms with Gasteiger partial charge in [-0.3, -0.25) is 10.4 Å². The first-order valence-electron chi connectivity index (χ1n) is 8.92. The minimum Gasteiger partial charge on any atom is -0.489 e. The number of anilines is 2.